The molecule has 0 aliphatic carbocycles. The fourth-order valence-electron chi connectivity index (χ4n) is 2.48. The number of ether oxygens (including phenoxy) is 2. The fourth-order valence-corrected chi connectivity index (χ4v) is 2.48. The van der Waals surface area contributed by atoms with Crippen LogP contribution in [-0.2, 0) is 4.74 Å². The highest BCUT2D eigenvalue weighted by Gasteiger charge is 2.19. The number of carbonyl (C=O) groups excluding carboxylic acids is 2. The molecular formula is C19H13NO8. The Bertz CT molecular complexity index is 1130. The Morgan fingerprint density at radius 2 is 1.86 bits per heavy atom. The van der Waals surface area contributed by atoms with Gasteiger partial charge in [0.2, 0.25) is 0 Å². The Morgan fingerprint density at radius 3 is 2.50 bits per heavy atom. The lowest BCUT2D eigenvalue weighted by Crippen LogP contribution is -2.20. The Hall–Kier alpha value is -4.01. The maximum atomic E-state index is 12.2. The van der Waals surface area contributed by atoms with Crippen molar-refractivity contribution in [2.75, 3.05) is 13.7 Å². The molecule has 0 atom stereocenters. The zero-order valence-corrected chi connectivity index (χ0v) is 14.5. The molecule has 142 valence electrons. The van der Waals surface area contributed by atoms with Gasteiger partial charge in [0.15, 0.2) is 23.7 Å². The predicted octanol–water partition coefficient (Wildman–Crippen LogP) is 2.75. The number of nitrogens with zero attached hydrogens (tertiary/aromatic N) is 1. The van der Waals surface area contributed by atoms with E-state index in [0.29, 0.717) is 11.1 Å². The monoisotopic (exact) mass is 383 g/mol. The largest absolute Gasteiger partial charge is 0.493 e. The van der Waals surface area contributed by atoms with Crippen molar-refractivity contribution < 1.29 is 28.4 Å². The van der Waals surface area contributed by atoms with E-state index in [1.165, 1.54) is 37.4 Å². The average molecular weight is 383 g/mol. The first-order chi connectivity index (χ1) is 13.4. The molecular weight excluding hydrogens is 370 g/mol. The van der Waals surface area contributed by atoms with Crippen molar-refractivity contribution in [1.29, 1.82) is 0 Å². The quantitative estimate of drug-likeness (QED) is 0.209. The fraction of sp³-hybridized carbons (Fsp3) is 0.105. The van der Waals surface area contributed by atoms with E-state index in [1.54, 1.807) is 18.2 Å². The Morgan fingerprint density at radius 1 is 1.14 bits per heavy atom. The minimum Gasteiger partial charge on any atom is -0.493 e. The molecule has 1 aromatic heterocycles. The zero-order chi connectivity index (χ0) is 20.3. The number of nitro benzene ring substituents is 1. The van der Waals surface area contributed by atoms with E-state index in [0.717, 1.165) is 0 Å². The van der Waals surface area contributed by atoms with Gasteiger partial charge in [-0.15, -0.1) is 0 Å². The van der Waals surface area contributed by atoms with E-state index in [2.05, 4.69) is 0 Å². The summed E-state index contributed by atoms with van der Waals surface area (Å²) in [5.41, 5.74) is -1.14. The van der Waals surface area contributed by atoms with Gasteiger partial charge in [-0.1, -0.05) is 12.1 Å². The molecule has 0 saturated heterocycles. The van der Waals surface area contributed by atoms with Crippen LogP contribution in [0.4, 0.5) is 5.69 Å². The number of methoxy groups -OCH3 is 1. The van der Waals surface area contributed by atoms with Crippen molar-refractivity contribution in [3.63, 3.8) is 0 Å². The average Bonchev–Trinajstić information content (AvgIpc) is 2.70. The van der Waals surface area contributed by atoms with Gasteiger partial charge < -0.3 is 13.9 Å². The Balaban J connectivity index is 1.76. The maximum absolute atomic E-state index is 12.2. The van der Waals surface area contributed by atoms with Crippen LogP contribution in [0.3, 0.4) is 0 Å². The normalized spacial score (nSPS) is 10.5. The number of rotatable bonds is 6. The summed E-state index contributed by atoms with van der Waals surface area (Å²) < 4.78 is 15.1. The molecule has 0 aliphatic heterocycles. The molecule has 0 bridgehead atoms. The van der Waals surface area contributed by atoms with Crippen molar-refractivity contribution in [2.45, 2.75) is 0 Å². The van der Waals surface area contributed by atoms with Crippen LogP contribution in [0.2, 0.25) is 0 Å². The summed E-state index contributed by atoms with van der Waals surface area (Å²) in [6.45, 7) is -0.633. The van der Waals surface area contributed by atoms with Crippen molar-refractivity contribution in [1.82, 2.24) is 0 Å². The van der Waals surface area contributed by atoms with Gasteiger partial charge in [-0.25, -0.2) is 9.59 Å². The van der Waals surface area contributed by atoms with E-state index in [-0.39, 0.29) is 22.4 Å². The highest BCUT2D eigenvalue weighted by molar-refractivity contribution is 6.00. The van der Waals surface area contributed by atoms with Crippen LogP contribution >= 0.6 is 0 Å². The van der Waals surface area contributed by atoms with Gasteiger partial charge in [-0.2, -0.15) is 0 Å². The topological polar surface area (TPSA) is 126 Å². The minimum atomic E-state index is -1.02. The lowest BCUT2D eigenvalue weighted by Gasteiger charge is -2.06. The summed E-state index contributed by atoms with van der Waals surface area (Å²) in [7, 11) is 1.42. The number of ketones is 1. The molecule has 3 rings (SSSR count). The van der Waals surface area contributed by atoms with Crippen LogP contribution in [0.1, 0.15) is 20.7 Å². The van der Waals surface area contributed by atoms with Gasteiger partial charge in [0.05, 0.1) is 12.0 Å². The molecule has 3 aromatic rings. The van der Waals surface area contributed by atoms with Gasteiger partial charge in [0.1, 0.15) is 5.56 Å². The third-order valence-corrected chi connectivity index (χ3v) is 3.90. The Labute approximate surface area is 157 Å². The second-order valence-electron chi connectivity index (χ2n) is 5.63. The van der Waals surface area contributed by atoms with Gasteiger partial charge in [-0.3, -0.25) is 14.9 Å². The van der Waals surface area contributed by atoms with Crippen LogP contribution < -0.4 is 10.4 Å². The van der Waals surface area contributed by atoms with E-state index >= 15 is 0 Å². The van der Waals surface area contributed by atoms with Crippen LogP contribution in [0, 0.1) is 10.1 Å². The van der Waals surface area contributed by atoms with Crippen molar-refractivity contribution >= 4 is 28.4 Å². The number of hydrogen-bond donors (Lipinski definition) is 0. The summed E-state index contributed by atoms with van der Waals surface area (Å²) in [5.74, 6) is -1.26. The number of non-ortho nitro benzene ring substituents is 1. The molecule has 0 fully saturated rings. The van der Waals surface area contributed by atoms with Crippen LogP contribution in [0.5, 0.6) is 5.75 Å². The predicted molar refractivity (Wildman–Crippen MR) is 96.7 cm³/mol. The number of esters is 1. The number of nitro groups is 1. The van der Waals surface area contributed by atoms with E-state index in [9.17, 15) is 24.5 Å². The molecule has 2 aromatic carbocycles. The minimum absolute atomic E-state index is 0.133. The molecule has 0 saturated carbocycles. The van der Waals surface area contributed by atoms with Crippen LogP contribution in [0.25, 0.3) is 11.0 Å². The smallest absolute Gasteiger partial charge is 0.351 e. The second-order valence-corrected chi connectivity index (χ2v) is 5.63. The first-order valence-electron chi connectivity index (χ1n) is 7.96. The molecule has 9 nitrogen and oxygen atoms in total. The first-order valence-corrected chi connectivity index (χ1v) is 7.96. The molecule has 1 heterocycles. The third-order valence-electron chi connectivity index (χ3n) is 3.90. The van der Waals surface area contributed by atoms with Crippen molar-refractivity contribution in [3.8, 4) is 5.75 Å². The number of benzene rings is 2. The highest BCUT2D eigenvalue weighted by atomic mass is 16.6. The zero-order valence-electron chi connectivity index (χ0n) is 14.5. The number of para-hydroxylation sites is 1. The summed E-state index contributed by atoms with van der Waals surface area (Å²) in [6.07, 6.45) is 0. The molecule has 9 heteroatoms. The van der Waals surface area contributed by atoms with Gasteiger partial charge in [-0.05, 0) is 24.3 Å². The molecule has 0 amide bonds. The number of Topliss-reactive ketones (excluding diaryl/α,β-unsaturated/α-hetero) is 1. The molecule has 28 heavy (non-hydrogen) atoms. The van der Waals surface area contributed by atoms with Crippen LogP contribution in [0.15, 0.2) is 57.7 Å². The van der Waals surface area contributed by atoms with Gasteiger partial charge in [0.25, 0.3) is 5.69 Å². The number of hydrogen-bond acceptors (Lipinski definition) is 8. The molecule has 0 radical (unpaired) electrons. The summed E-state index contributed by atoms with van der Waals surface area (Å²) in [5, 5.41) is 11.1. The molecule has 0 aliphatic rings. The second kappa shape index (κ2) is 7.70. The summed E-state index contributed by atoms with van der Waals surface area (Å²) >= 11 is 0. The summed E-state index contributed by atoms with van der Waals surface area (Å²) in [6, 6.07) is 11.0. The van der Waals surface area contributed by atoms with E-state index in [1.807, 2.05) is 0 Å². The number of fused-ring (bicyclic) bond motifs is 1. The Kier molecular flexibility index (Phi) is 5.16. The van der Waals surface area contributed by atoms with E-state index < -0.39 is 28.9 Å². The molecule has 0 N–H and O–H groups in total. The van der Waals surface area contributed by atoms with Crippen LogP contribution in [-0.4, -0.2) is 30.4 Å². The van der Waals surface area contributed by atoms with Crippen molar-refractivity contribution in [2.24, 2.45) is 0 Å². The third kappa shape index (κ3) is 3.73. The lowest BCUT2D eigenvalue weighted by atomic mass is 10.1. The first kappa shape index (κ1) is 18.8. The lowest BCUT2D eigenvalue weighted by molar-refractivity contribution is -0.384. The maximum Gasteiger partial charge on any atom is 0.351 e. The van der Waals surface area contributed by atoms with Gasteiger partial charge in [0, 0.05) is 23.1 Å². The summed E-state index contributed by atoms with van der Waals surface area (Å²) in [4.78, 5) is 46.4. The highest BCUT2D eigenvalue weighted by Crippen LogP contribution is 2.24. The van der Waals surface area contributed by atoms with Crippen molar-refractivity contribution in [3.05, 3.63) is 80.2 Å². The molecule has 0 unspecified atom stereocenters. The number of carbonyl (C=O) groups is 2. The molecule has 0 spiro atoms. The van der Waals surface area contributed by atoms with Gasteiger partial charge >= 0.3 is 11.6 Å². The van der Waals surface area contributed by atoms with E-state index in [4.69, 9.17) is 13.9 Å². The standard InChI is InChI=1S/C19H13NO8/c1-26-16-4-2-3-12-9-14(19(23)28-17(12)16)18(22)27-10-15(21)11-5-7-13(8-6-11)20(24)25/h2-9H,10H2,1H3. The SMILES string of the molecule is COc1cccc2cc(C(=O)OCC(=O)c3ccc([N+](=O)[O-])cc3)c(=O)oc12.